The topological polar surface area (TPSA) is 76.9 Å². The maximum Gasteiger partial charge on any atom is 0.241 e. The minimum atomic E-state index is -3.63. The molecule has 1 N–H and O–H groups in total. The van der Waals surface area contributed by atoms with E-state index in [1.165, 1.54) is 5.56 Å². The molecule has 0 aliphatic rings. The maximum absolute atomic E-state index is 13.0. The van der Waals surface area contributed by atoms with Crippen LogP contribution in [0.25, 0.3) is 22.6 Å². The van der Waals surface area contributed by atoms with E-state index in [1.54, 1.807) is 6.20 Å². The molecule has 2 aromatic carbocycles. The highest BCUT2D eigenvalue weighted by Gasteiger charge is 2.20. The number of hydrogen-bond acceptors (Lipinski definition) is 4. The van der Waals surface area contributed by atoms with Gasteiger partial charge in [-0.25, -0.2) is 23.1 Å². The van der Waals surface area contributed by atoms with Crippen molar-refractivity contribution in [3.63, 3.8) is 0 Å². The number of nitrogens with one attached hydrogen (secondary N) is 1. The Labute approximate surface area is 183 Å². The molecule has 0 aliphatic carbocycles. The van der Waals surface area contributed by atoms with E-state index in [4.69, 9.17) is 4.98 Å². The summed E-state index contributed by atoms with van der Waals surface area (Å²) in [5.74, 6) is 0.774. The fraction of sp³-hybridized carbons (Fsp3) is 0.250. The van der Waals surface area contributed by atoms with E-state index in [2.05, 4.69) is 9.71 Å². The molecular formula is C24H26N4O2S. The van der Waals surface area contributed by atoms with Gasteiger partial charge in [0.1, 0.15) is 11.3 Å². The molecular weight excluding hydrogens is 408 g/mol. The van der Waals surface area contributed by atoms with Crippen molar-refractivity contribution in [3.05, 3.63) is 77.0 Å². The zero-order valence-electron chi connectivity index (χ0n) is 18.2. The molecule has 31 heavy (non-hydrogen) atoms. The van der Waals surface area contributed by atoms with Crippen LogP contribution < -0.4 is 4.72 Å². The second-order valence-corrected chi connectivity index (χ2v) is 9.63. The van der Waals surface area contributed by atoms with Gasteiger partial charge in [0.2, 0.25) is 10.0 Å². The molecule has 4 rings (SSSR count). The van der Waals surface area contributed by atoms with Crippen molar-refractivity contribution in [2.45, 2.75) is 39.1 Å². The Morgan fingerprint density at radius 1 is 0.935 bits per heavy atom. The van der Waals surface area contributed by atoms with Crippen LogP contribution in [-0.2, 0) is 16.6 Å². The summed E-state index contributed by atoms with van der Waals surface area (Å²) in [6.07, 6.45) is 1.72. The molecule has 0 atom stereocenters. The lowest BCUT2D eigenvalue weighted by Gasteiger charge is -2.14. The zero-order chi connectivity index (χ0) is 22.2. The van der Waals surface area contributed by atoms with Crippen molar-refractivity contribution in [2.24, 2.45) is 0 Å². The normalized spacial score (nSPS) is 11.9. The number of fused-ring (bicyclic) bond motifs is 1. The second kappa shape index (κ2) is 8.24. The SMILES string of the molecule is Cc1ccc(-c2nc3cccnc3n2CCNS(=O)(=O)c2c(C)cc(C)cc2C)cc1. The van der Waals surface area contributed by atoms with E-state index >= 15 is 0 Å². The predicted molar refractivity (Wildman–Crippen MR) is 124 cm³/mol. The molecule has 4 aromatic rings. The minimum absolute atomic E-state index is 0.232. The first kappa shape index (κ1) is 21.2. The van der Waals surface area contributed by atoms with Crippen molar-refractivity contribution >= 4 is 21.2 Å². The molecule has 7 heteroatoms. The third-order valence-corrected chi connectivity index (χ3v) is 7.08. The first-order valence-electron chi connectivity index (χ1n) is 10.2. The number of hydrogen-bond donors (Lipinski definition) is 1. The van der Waals surface area contributed by atoms with Crippen LogP contribution in [-0.4, -0.2) is 29.5 Å². The molecule has 0 saturated carbocycles. The van der Waals surface area contributed by atoms with E-state index in [0.29, 0.717) is 11.4 Å². The van der Waals surface area contributed by atoms with Gasteiger partial charge in [0.25, 0.3) is 0 Å². The summed E-state index contributed by atoms with van der Waals surface area (Å²) in [7, 11) is -3.63. The molecule has 0 spiro atoms. The summed E-state index contributed by atoms with van der Waals surface area (Å²) in [6, 6.07) is 15.7. The number of nitrogens with zero attached hydrogens (tertiary/aromatic N) is 3. The van der Waals surface area contributed by atoms with Crippen molar-refractivity contribution in [2.75, 3.05) is 6.54 Å². The summed E-state index contributed by atoms with van der Waals surface area (Å²) in [5, 5.41) is 0. The van der Waals surface area contributed by atoms with Crippen molar-refractivity contribution in [1.82, 2.24) is 19.3 Å². The Bertz CT molecular complexity index is 1330. The fourth-order valence-electron chi connectivity index (χ4n) is 4.05. The lowest BCUT2D eigenvalue weighted by atomic mass is 10.1. The van der Waals surface area contributed by atoms with Crippen LogP contribution in [0.15, 0.2) is 59.6 Å². The van der Waals surface area contributed by atoms with Crippen LogP contribution in [0.1, 0.15) is 22.3 Å². The van der Waals surface area contributed by atoms with Crippen molar-refractivity contribution in [1.29, 1.82) is 0 Å². The quantitative estimate of drug-likeness (QED) is 0.491. The number of imidazole rings is 1. The van der Waals surface area contributed by atoms with Gasteiger partial charge in [0.05, 0.1) is 4.90 Å². The van der Waals surface area contributed by atoms with Gasteiger partial charge >= 0.3 is 0 Å². The summed E-state index contributed by atoms with van der Waals surface area (Å²) in [6.45, 7) is 8.32. The number of sulfonamides is 1. The third kappa shape index (κ3) is 4.24. The van der Waals surface area contributed by atoms with E-state index in [0.717, 1.165) is 39.2 Å². The monoisotopic (exact) mass is 434 g/mol. The van der Waals surface area contributed by atoms with Gasteiger partial charge in [0, 0.05) is 24.8 Å². The van der Waals surface area contributed by atoms with Gasteiger partial charge in [-0.2, -0.15) is 0 Å². The van der Waals surface area contributed by atoms with Gasteiger partial charge in [0.15, 0.2) is 5.65 Å². The second-order valence-electron chi connectivity index (χ2n) is 7.92. The molecule has 0 radical (unpaired) electrons. The number of pyridine rings is 1. The van der Waals surface area contributed by atoms with Gasteiger partial charge in [-0.05, 0) is 51.0 Å². The molecule has 0 amide bonds. The molecule has 0 fully saturated rings. The zero-order valence-corrected chi connectivity index (χ0v) is 19.0. The highest BCUT2D eigenvalue weighted by Crippen LogP contribution is 2.24. The first-order valence-corrected chi connectivity index (χ1v) is 11.7. The lowest BCUT2D eigenvalue weighted by Crippen LogP contribution is -2.29. The molecule has 0 unspecified atom stereocenters. The fourth-order valence-corrected chi connectivity index (χ4v) is 5.52. The van der Waals surface area contributed by atoms with Crippen LogP contribution in [0, 0.1) is 27.7 Å². The average molecular weight is 435 g/mol. The van der Waals surface area contributed by atoms with Gasteiger partial charge < -0.3 is 4.57 Å². The molecule has 0 aliphatic heterocycles. The van der Waals surface area contributed by atoms with E-state index in [9.17, 15) is 8.42 Å². The molecule has 2 heterocycles. The summed E-state index contributed by atoms with van der Waals surface area (Å²) in [5.41, 5.74) is 6.21. The number of aromatic nitrogens is 3. The van der Waals surface area contributed by atoms with Gasteiger partial charge in [-0.3, -0.25) is 0 Å². The predicted octanol–water partition coefficient (Wildman–Crippen LogP) is 4.31. The Hall–Kier alpha value is -3.03. The summed E-state index contributed by atoms with van der Waals surface area (Å²) < 4.78 is 30.8. The standard InChI is InChI=1S/C24H26N4O2S/c1-16-7-9-20(10-8-16)23-27-21-6-5-11-25-24(21)28(23)13-12-26-31(29,30)22-18(3)14-17(2)15-19(22)4/h5-11,14-15,26H,12-13H2,1-4H3. The van der Waals surface area contributed by atoms with Crippen molar-refractivity contribution in [3.8, 4) is 11.4 Å². The molecule has 2 aromatic heterocycles. The molecule has 6 nitrogen and oxygen atoms in total. The molecule has 160 valence electrons. The van der Waals surface area contributed by atoms with E-state index in [-0.39, 0.29) is 6.54 Å². The Morgan fingerprint density at radius 3 is 2.29 bits per heavy atom. The number of benzene rings is 2. The lowest BCUT2D eigenvalue weighted by molar-refractivity contribution is 0.573. The number of aryl methyl sites for hydroxylation is 4. The highest BCUT2D eigenvalue weighted by molar-refractivity contribution is 7.89. The van der Waals surface area contributed by atoms with Gasteiger partial charge in [-0.15, -0.1) is 0 Å². The molecule has 0 bridgehead atoms. The summed E-state index contributed by atoms with van der Waals surface area (Å²) in [4.78, 5) is 9.58. The van der Waals surface area contributed by atoms with Crippen LogP contribution in [0.5, 0.6) is 0 Å². The average Bonchev–Trinajstić information content (AvgIpc) is 3.06. The number of rotatable bonds is 6. The van der Waals surface area contributed by atoms with Crippen LogP contribution >= 0.6 is 0 Å². The van der Waals surface area contributed by atoms with E-state index in [1.807, 2.05) is 80.8 Å². The molecule has 0 saturated heterocycles. The minimum Gasteiger partial charge on any atom is -0.307 e. The van der Waals surface area contributed by atoms with Crippen LogP contribution in [0.4, 0.5) is 0 Å². The van der Waals surface area contributed by atoms with Crippen molar-refractivity contribution < 1.29 is 8.42 Å². The summed E-state index contributed by atoms with van der Waals surface area (Å²) >= 11 is 0. The third-order valence-electron chi connectivity index (χ3n) is 5.31. The van der Waals surface area contributed by atoms with Crippen LogP contribution in [0.3, 0.4) is 0 Å². The maximum atomic E-state index is 13.0. The largest absolute Gasteiger partial charge is 0.307 e. The first-order chi connectivity index (χ1) is 14.8. The Kier molecular flexibility index (Phi) is 5.64. The Morgan fingerprint density at radius 2 is 1.61 bits per heavy atom. The van der Waals surface area contributed by atoms with Gasteiger partial charge in [-0.1, -0.05) is 47.5 Å². The smallest absolute Gasteiger partial charge is 0.241 e. The Balaban J connectivity index is 1.64. The highest BCUT2D eigenvalue weighted by atomic mass is 32.2. The van der Waals surface area contributed by atoms with E-state index < -0.39 is 10.0 Å². The van der Waals surface area contributed by atoms with Crippen LogP contribution in [0.2, 0.25) is 0 Å².